The normalized spacial score (nSPS) is 17.6. The van der Waals surface area contributed by atoms with E-state index in [1.54, 1.807) is 0 Å². The van der Waals surface area contributed by atoms with Crippen LogP contribution in [0.15, 0.2) is 30.3 Å². The molecule has 4 nitrogen and oxygen atoms in total. The predicted octanol–water partition coefficient (Wildman–Crippen LogP) is 4.09. The molecule has 5 heteroatoms. The van der Waals surface area contributed by atoms with Gasteiger partial charge in [0.1, 0.15) is 0 Å². The van der Waals surface area contributed by atoms with Crippen LogP contribution in [0, 0.1) is 0 Å². The molecule has 2 aliphatic rings. The molecule has 2 aromatic carbocycles. The van der Waals surface area contributed by atoms with Crippen LogP contribution in [0.2, 0.25) is 0 Å². The lowest BCUT2D eigenvalue weighted by Gasteiger charge is -2.34. The maximum atomic E-state index is 12.6. The third-order valence-electron chi connectivity index (χ3n) is 6.05. The minimum Gasteiger partial charge on any atom is -0.368 e. The number of rotatable bonds is 5. The highest BCUT2D eigenvalue weighted by atomic mass is 35.5. The number of primary amides is 1. The molecule has 1 amide bonds. The van der Waals surface area contributed by atoms with Gasteiger partial charge in [-0.05, 0) is 46.7 Å². The van der Waals surface area contributed by atoms with Gasteiger partial charge < -0.3 is 16.0 Å². The van der Waals surface area contributed by atoms with Crippen molar-refractivity contribution in [1.82, 2.24) is 5.32 Å². The van der Waals surface area contributed by atoms with Crippen LogP contribution in [0.3, 0.4) is 0 Å². The van der Waals surface area contributed by atoms with Crippen LogP contribution < -0.4 is 16.0 Å². The Morgan fingerprint density at radius 1 is 1.21 bits per heavy atom. The summed E-state index contributed by atoms with van der Waals surface area (Å²) in [5, 5.41) is 3.42. The fourth-order valence-electron chi connectivity index (χ4n) is 4.73. The summed E-state index contributed by atoms with van der Waals surface area (Å²) in [6, 6.07) is 10.9. The van der Waals surface area contributed by atoms with Gasteiger partial charge in [0.25, 0.3) is 5.91 Å². The number of hydrogen-bond donors (Lipinski definition) is 2. The van der Waals surface area contributed by atoms with E-state index in [2.05, 4.69) is 54.4 Å². The number of piperazine rings is 1. The first kappa shape index (κ1) is 20.7. The summed E-state index contributed by atoms with van der Waals surface area (Å²) in [5.41, 5.74) is 14.2. The monoisotopic (exact) mass is 399 g/mol. The second-order valence-corrected chi connectivity index (χ2v) is 7.73. The summed E-state index contributed by atoms with van der Waals surface area (Å²) in [6.07, 6.45) is 3.07. The molecule has 1 unspecified atom stereocenters. The van der Waals surface area contributed by atoms with Gasteiger partial charge in [-0.2, -0.15) is 0 Å². The van der Waals surface area contributed by atoms with Crippen LogP contribution in [0.4, 0.5) is 5.69 Å². The summed E-state index contributed by atoms with van der Waals surface area (Å²) in [7, 11) is 0. The molecular weight excluding hydrogens is 370 g/mol. The van der Waals surface area contributed by atoms with E-state index in [1.807, 2.05) is 0 Å². The van der Waals surface area contributed by atoms with E-state index in [0.717, 1.165) is 62.3 Å². The van der Waals surface area contributed by atoms with Crippen LogP contribution in [0.1, 0.15) is 59.7 Å². The molecule has 3 N–H and O–H groups in total. The summed E-state index contributed by atoms with van der Waals surface area (Å²) in [5.74, 6) is -0.0139. The van der Waals surface area contributed by atoms with Gasteiger partial charge in [0.05, 0.1) is 11.3 Å². The van der Waals surface area contributed by atoms with Gasteiger partial charge >= 0.3 is 0 Å². The molecule has 1 aliphatic heterocycles. The maximum Gasteiger partial charge on any atom is 0.251 e. The standard InChI is InChI=1S/C23H29N3O.ClH/c1-3-4-7-16-14-19-18-9-6-5-8-17(18)15(2)20(19)22(21(16)23(24)27)26-12-10-25-11-13-26;/h5-6,8-9,14-15,25H,3-4,7,10-13H2,1-2H3,(H2,24,27);1H. The number of aryl methyl sites for hydroxylation is 1. The Balaban J connectivity index is 0.00000225. The average molecular weight is 400 g/mol. The number of hydrogen-bond acceptors (Lipinski definition) is 3. The summed E-state index contributed by atoms with van der Waals surface area (Å²) >= 11 is 0. The van der Waals surface area contributed by atoms with Crippen molar-refractivity contribution in [2.24, 2.45) is 5.73 Å². The zero-order chi connectivity index (χ0) is 19.0. The van der Waals surface area contributed by atoms with Crippen LogP contribution in [-0.4, -0.2) is 32.1 Å². The zero-order valence-electron chi connectivity index (χ0n) is 16.8. The Bertz CT molecular complexity index is 874. The number of carbonyl (C=O) groups is 1. The van der Waals surface area contributed by atoms with Crippen molar-refractivity contribution in [3.8, 4) is 11.1 Å². The maximum absolute atomic E-state index is 12.6. The van der Waals surface area contributed by atoms with Crippen molar-refractivity contribution in [2.75, 3.05) is 31.1 Å². The molecule has 0 spiro atoms. The molecule has 0 radical (unpaired) electrons. The minimum absolute atomic E-state index is 0. The fraction of sp³-hybridized carbons (Fsp3) is 0.435. The average Bonchev–Trinajstić information content (AvgIpc) is 2.98. The van der Waals surface area contributed by atoms with Crippen molar-refractivity contribution in [2.45, 2.75) is 39.0 Å². The van der Waals surface area contributed by atoms with Crippen LogP contribution in [-0.2, 0) is 6.42 Å². The molecule has 4 rings (SSSR count). The highest BCUT2D eigenvalue weighted by Crippen LogP contribution is 2.50. The first-order valence-electron chi connectivity index (χ1n) is 10.2. The van der Waals surface area contributed by atoms with Gasteiger partial charge in [0.15, 0.2) is 0 Å². The number of unbranched alkanes of at least 4 members (excludes halogenated alkanes) is 1. The number of fused-ring (bicyclic) bond motifs is 3. The van der Waals surface area contributed by atoms with Gasteiger partial charge in [0, 0.05) is 32.1 Å². The summed E-state index contributed by atoms with van der Waals surface area (Å²) < 4.78 is 0. The highest BCUT2D eigenvalue weighted by Gasteiger charge is 2.34. The molecule has 28 heavy (non-hydrogen) atoms. The number of nitrogens with zero attached hydrogens (tertiary/aromatic N) is 1. The number of amides is 1. The minimum atomic E-state index is -0.291. The second kappa shape index (κ2) is 8.54. The van der Waals surface area contributed by atoms with Crippen LogP contribution in [0.5, 0.6) is 0 Å². The van der Waals surface area contributed by atoms with Crippen LogP contribution >= 0.6 is 12.4 Å². The van der Waals surface area contributed by atoms with Crippen molar-refractivity contribution >= 4 is 24.0 Å². The molecule has 150 valence electrons. The third-order valence-corrected chi connectivity index (χ3v) is 6.05. The lowest BCUT2D eigenvalue weighted by atomic mass is 9.89. The topological polar surface area (TPSA) is 58.4 Å². The van der Waals surface area contributed by atoms with Crippen molar-refractivity contribution < 1.29 is 4.79 Å². The van der Waals surface area contributed by atoms with Crippen molar-refractivity contribution in [3.63, 3.8) is 0 Å². The molecule has 1 aliphatic carbocycles. The Hall–Kier alpha value is -2.04. The molecule has 0 saturated carbocycles. The number of halogens is 1. The van der Waals surface area contributed by atoms with Gasteiger partial charge in [-0.3, -0.25) is 4.79 Å². The largest absolute Gasteiger partial charge is 0.368 e. The summed E-state index contributed by atoms with van der Waals surface area (Å²) in [6.45, 7) is 8.14. The quantitative estimate of drug-likeness (QED) is 0.796. The molecule has 2 aromatic rings. The van der Waals surface area contributed by atoms with Crippen molar-refractivity contribution in [3.05, 3.63) is 52.6 Å². The molecule has 1 heterocycles. The Morgan fingerprint density at radius 3 is 2.61 bits per heavy atom. The molecule has 1 fully saturated rings. The number of carbonyl (C=O) groups excluding carboxylic acids is 1. The van der Waals surface area contributed by atoms with E-state index in [9.17, 15) is 4.79 Å². The number of anilines is 1. The number of benzene rings is 2. The van der Waals surface area contributed by atoms with E-state index in [-0.39, 0.29) is 24.2 Å². The summed E-state index contributed by atoms with van der Waals surface area (Å²) in [4.78, 5) is 15.0. The third kappa shape index (κ3) is 3.40. The fourth-order valence-corrected chi connectivity index (χ4v) is 4.73. The van der Waals surface area contributed by atoms with E-state index in [4.69, 9.17) is 5.73 Å². The van der Waals surface area contributed by atoms with Crippen molar-refractivity contribution in [1.29, 1.82) is 0 Å². The molecule has 1 atom stereocenters. The van der Waals surface area contributed by atoms with Gasteiger partial charge in [-0.25, -0.2) is 0 Å². The van der Waals surface area contributed by atoms with E-state index in [1.165, 1.54) is 22.3 Å². The Morgan fingerprint density at radius 2 is 1.93 bits per heavy atom. The first-order valence-corrected chi connectivity index (χ1v) is 10.2. The predicted molar refractivity (Wildman–Crippen MR) is 119 cm³/mol. The number of nitrogens with one attached hydrogen (secondary N) is 1. The number of nitrogens with two attached hydrogens (primary N) is 1. The first-order chi connectivity index (χ1) is 13.1. The van der Waals surface area contributed by atoms with Gasteiger partial charge in [0.2, 0.25) is 0 Å². The molecular formula is C23H30ClN3O. The second-order valence-electron chi connectivity index (χ2n) is 7.73. The Kier molecular flexibility index (Phi) is 6.31. The SMILES string of the molecule is CCCCc1cc2c(c(N3CCNCC3)c1C(N)=O)C(C)c1ccccc1-2.Cl. The highest BCUT2D eigenvalue weighted by molar-refractivity contribution is 6.04. The zero-order valence-corrected chi connectivity index (χ0v) is 17.6. The Labute approximate surface area is 173 Å². The van der Waals surface area contributed by atoms with E-state index in [0.29, 0.717) is 0 Å². The van der Waals surface area contributed by atoms with E-state index >= 15 is 0 Å². The molecule has 1 saturated heterocycles. The van der Waals surface area contributed by atoms with Gasteiger partial charge in [-0.15, -0.1) is 12.4 Å². The lowest BCUT2D eigenvalue weighted by molar-refractivity contribution is 0.0999. The van der Waals surface area contributed by atoms with Crippen LogP contribution in [0.25, 0.3) is 11.1 Å². The molecule has 0 aromatic heterocycles. The molecule has 0 bridgehead atoms. The van der Waals surface area contributed by atoms with E-state index < -0.39 is 0 Å². The lowest BCUT2D eigenvalue weighted by Crippen LogP contribution is -2.45. The smallest absolute Gasteiger partial charge is 0.251 e. The van der Waals surface area contributed by atoms with Gasteiger partial charge in [-0.1, -0.05) is 44.5 Å².